The van der Waals surface area contributed by atoms with Crippen molar-refractivity contribution in [2.24, 2.45) is 23.7 Å². The van der Waals surface area contributed by atoms with Gasteiger partial charge in [-0.3, -0.25) is 62.3 Å². The zero-order chi connectivity index (χ0) is 76.8. The second-order valence-corrected chi connectivity index (χ2v) is 30.0. The number of piperidine rings is 1. The summed E-state index contributed by atoms with van der Waals surface area (Å²) < 4.78 is 68.4. The lowest BCUT2D eigenvalue weighted by molar-refractivity contribution is -0.801. The maximum atomic E-state index is 15.5. The van der Waals surface area contributed by atoms with Crippen molar-refractivity contribution in [1.82, 2.24) is 60.0 Å². The van der Waals surface area contributed by atoms with Crippen molar-refractivity contribution in [3.8, 4) is 0 Å². The lowest BCUT2D eigenvalue weighted by Crippen LogP contribution is -2.66. The number of alkyl halides is 5. The molecule has 0 aromatic heterocycles. The van der Waals surface area contributed by atoms with E-state index in [0.29, 0.717) is 19.3 Å². The first-order valence-electron chi connectivity index (χ1n) is 35.5. The Labute approximate surface area is 601 Å². The van der Waals surface area contributed by atoms with Crippen LogP contribution in [0.1, 0.15) is 149 Å². The van der Waals surface area contributed by atoms with E-state index >= 15 is 19.6 Å². The molecule has 0 spiro atoms. The van der Waals surface area contributed by atoms with Crippen LogP contribution in [0.3, 0.4) is 0 Å². The van der Waals surface area contributed by atoms with Crippen LogP contribution in [0.2, 0.25) is 5.02 Å². The molecule has 1 aromatic carbocycles. The van der Waals surface area contributed by atoms with Gasteiger partial charge in [0.05, 0.1) is 69.2 Å². The van der Waals surface area contributed by atoms with Crippen molar-refractivity contribution in [3.63, 3.8) is 0 Å². The molecule has 5 rings (SSSR count). The number of nitrogens with one attached hydrogen (secondary N) is 3. The molecular weight excluding hydrogens is 1360 g/mol. The summed E-state index contributed by atoms with van der Waals surface area (Å²) in [5.74, 6) is -15.3. The summed E-state index contributed by atoms with van der Waals surface area (Å²) >= 11 is 6.15. The standard InChI is InChI=1S/C70H109ClF5N13O13/c1-16-44(6)60-67(100)83(11)38-58(93)81(9)39-59(94)85(13)53(33-46-23-19-17-20-24-46)65(98)82(10)37-55(90)77-48(27-25-47-26-28-49(50(71)32-47)70(74,75)76)36-80(8)52(34-57(92)88-40-69(72,73)41-88)63(96)78-51(31-42(2)3)64(97)86(14)61(43(4)5)68(101)89(15,102)54(66(99)87-29-21-18-22-30-87)35-56(91)84(12)45(7)62(95)79-60/h26,28,32,42-46,48,51-54,60-61H,16-25,27,29-31,33-41H2,1-15H3,(H,77,90)(H,78,96)(H,79,95)/t44-,45-,48-,51-,52-,53-,54-,60-,61-,89?/m0/s1. The Balaban J connectivity index is 1.65. The lowest BCUT2D eigenvalue weighted by atomic mass is 9.84. The number of halogens is 6. The van der Waals surface area contributed by atoms with Gasteiger partial charge in [-0.2, -0.15) is 13.2 Å². The minimum atomic E-state index is -4.80. The number of amides is 12. The third-order valence-electron chi connectivity index (χ3n) is 20.6. The molecule has 3 N–H and O–H groups in total. The van der Waals surface area contributed by atoms with Crippen molar-refractivity contribution >= 4 is 82.5 Å². The van der Waals surface area contributed by atoms with E-state index in [9.17, 15) is 65.1 Å². The van der Waals surface area contributed by atoms with Gasteiger partial charge in [-0.15, -0.1) is 0 Å². The molecule has 10 atom stereocenters. The Kier molecular flexibility index (Phi) is 31.1. The van der Waals surface area contributed by atoms with Crippen molar-refractivity contribution < 1.29 is 84.1 Å². The van der Waals surface area contributed by atoms with E-state index in [4.69, 9.17) is 11.6 Å². The summed E-state index contributed by atoms with van der Waals surface area (Å²) in [6.45, 7) is 7.60. The van der Waals surface area contributed by atoms with Crippen LogP contribution in [0.4, 0.5) is 22.0 Å². The maximum absolute atomic E-state index is 15.5. The van der Waals surface area contributed by atoms with E-state index in [-0.39, 0.29) is 56.8 Å². The van der Waals surface area contributed by atoms with E-state index in [1.54, 1.807) is 27.7 Å². The first-order valence-corrected chi connectivity index (χ1v) is 35.8. The Morgan fingerprint density at radius 2 is 1.29 bits per heavy atom. The van der Waals surface area contributed by atoms with Crippen LogP contribution in [0.5, 0.6) is 0 Å². The highest BCUT2D eigenvalue weighted by molar-refractivity contribution is 6.31. The van der Waals surface area contributed by atoms with Crippen molar-refractivity contribution in [2.75, 3.05) is 109 Å². The van der Waals surface area contributed by atoms with Crippen LogP contribution in [0.25, 0.3) is 0 Å². The second-order valence-electron chi connectivity index (χ2n) is 29.6. The van der Waals surface area contributed by atoms with Crippen LogP contribution in [-0.2, 0) is 70.1 Å². The molecule has 32 heteroatoms. The zero-order valence-electron chi connectivity index (χ0n) is 62.0. The molecule has 0 bridgehead atoms. The topological polar surface area (TPSA) is 293 Å². The molecule has 1 aromatic rings. The number of aryl methyl sites for hydroxylation is 1. The first-order chi connectivity index (χ1) is 47.4. The van der Waals surface area contributed by atoms with Crippen molar-refractivity contribution in [3.05, 3.63) is 39.6 Å². The Hall–Kier alpha value is -7.12. The molecule has 12 amide bonds. The smallest absolute Gasteiger partial charge is 0.417 e. The van der Waals surface area contributed by atoms with E-state index in [0.717, 1.165) is 87.1 Å². The quantitative estimate of drug-likeness (QED) is 0.136. The average Bonchev–Trinajstić information content (AvgIpc) is 0.778. The summed E-state index contributed by atoms with van der Waals surface area (Å²) in [7, 11) is 10.2. The predicted molar refractivity (Wildman–Crippen MR) is 370 cm³/mol. The highest BCUT2D eigenvalue weighted by atomic mass is 35.5. The molecule has 3 heterocycles. The van der Waals surface area contributed by atoms with E-state index in [1.165, 1.54) is 90.9 Å². The number of hydroxylamine groups is 3. The third-order valence-corrected chi connectivity index (χ3v) is 20.9. The van der Waals surface area contributed by atoms with Gasteiger partial charge in [-0.1, -0.05) is 97.7 Å². The summed E-state index contributed by atoms with van der Waals surface area (Å²) in [5.41, 5.74) is -0.821. The van der Waals surface area contributed by atoms with Crippen LogP contribution >= 0.6 is 11.6 Å². The number of hydrogen-bond donors (Lipinski definition) is 3. The number of likely N-dealkylation sites (tertiary alicyclic amines) is 2. The monoisotopic (exact) mass is 1470 g/mol. The van der Waals surface area contributed by atoms with Gasteiger partial charge in [0.2, 0.25) is 59.1 Å². The molecule has 0 radical (unpaired) electrons. The summed E-state index contributed by atoms with van der Waals surface area (Å²) in [6, 6.07) is -8.65. The fourth-order valence-electron chi connectivity index (χ4n) is 13.7. The molecule has 1 unspecified atom stereocenters. The van der Waals surface area contributed by atoms with Crippen LogP contribution in [0.15, 0.2) is 18.2 Å². The fraction of sp³-hybridized carbons (Fsp3) is 0.743. The molecular formula is C70H109ClF5N13O13. The number of carbonyl (C=O) groups is 12. The Morgan fingerprint density at radius 3 is 1.85 bits per heavy atom. The SMILES string of the molecule is CC[C@H](C)[C@@H]1NC(=O)[C@H](C)N(C)C(=O)C[C@@H](C(=O)N2CCCCC2)[N+](C)([O-])C(=O)[C@H](C(C)C)N(C)C(=O)[C@H](CC(C)C)NC(=O)[C@H](CC(=O)N2CC(F)(F)C2)N(C)C[C@H](CCc2ccc(C(F)(F)F)c(Cl)c2)NC(=O)CN(C)C(=O)[C@H](CC2CCCCC2)N(C)C(=O)CN(C)C(=O)CN(C)C1=O. The minimum absolute atomic E-state index is 0.0197. The molecule has 102 heavy (non-hydrogen) atoms. The van der Waals surface area contributed by atoms with Gasteiger partial charge in [-0.05, 0) is 100 Å². The van der Waals surface area contributed by atoms with Crippen LogP contribution in [0, 0.1) is 28.9 Å². The molecule has 3 aliphatic heterocycles. The number of carbonyl (C=O) groups excluding carboxylic acids is 12. The fourth-order valence-corrected chi connectivity index (χ4v) is 14.0. The van der Waals surface area contributed by atoms with Gasteiger partial charge in [0.25, 0.3) is 11.8 Å². The number of benzene rings is 1. The second kappa shape index (κ2) is 37.0. The van der Waals surface area contributed by atoms with Gasteiger partial charge in [0.1, 0.15) is 30.2 Å². The molecule has 574 valence electrons. The average molecular weight is 1470 g/mol. The summed E-state index contributed by atoms with van der Waals surface area (Å²) in [6.07, 6.45) is -0.254. The summed E-state index contributed by atoms with van der Waals surface area (Å²) in [5, 5.41) is 23.2. The predicted octanol–water partition coefficient (Wildman–Crippen LogP) is 4.76. The van der Waals surface area contributed by atoms with Crippen molar-refractivity contribution in [1.29, 1.82) is 0 Å². The van der Waals surface area contributed by atoms with Crippen LogP contribution in [-0.4, -0.2) is 283 Å². The number of nitrogens with zero attached hydrogens (tertiary/aromatic N) is 10. The van der Waals surface area contributed by atoms with Gasteiger partial charge < -0.3 is 60.4 Å². The number of rotatable bonds is 13. The number of quaternary nitrogens is 1. The van der Waals surface area contributed by atoms with E-state index in [1.807, 2.05) is 0 Å². The third kappa shape index (κ3) is 22.9. The molecule has 4 aliphatic rings. The molecule has 26 nitrogen and oxygen atoms in total. The normalized spacial score (nSPS) is 27.4. The van der Waals surface area contributed by atoms with Gasteiger partial charge in [0, 0.05) is 68.0 Å². The maximum Gasteiger partial charge on any atom is 0.417 e. The Morgan fingerprint density at radius 1 is 0.706 bits per heavy atom. The summed E-state index contributed by atoms with van der Waals surface area (Å²) in [4.78, 5) is 186. The van der Waals surface area contributed by atoms with Crippen LogP contribution < -0.4 is 16.0 Å². The molecule has 1 saturated carbocycles. The molecule has 1 aliphatic carbocycles. The van der Waals surface area contributed by atoms with Crippen molar-refractivity contribution in [2.45, 2.75) is 205 Å². The van der Waals surface area contributed by atoms with Gasteiger partial charge in [-0.25, -0.2) is 13.6 Å². The lowest BCUT2D eigenvalue weighted by Gasteiger charge is -2.47. The Bertz CT molecular complexity index is 3160. The number of likely N-dealkylation sites (N-methyl/N-ethyl adjacent to an activating group) is 8. The van der Waals surface area contributed by atoms with Gasteiger partial charge >= 0.3 is 12.1 Å². The largest absolute Gasteiger partial charge is 0.625 e. The zero-order valence-corrected chi connectivity index (χ0v) is 62.7. The minimum Gasteiger partial charge on any atom is -0.625 e. The molecule has 3 saturated heterocycles. The number of hydrogen-bond acceptors (Lipinski definition) is 14. The molecule has 4 fully saturated rings. The van der Waals surface area contributed by atoms with E-state index < -0.39 is 210 Å². The van der Waals surface area contributed by atoms with E-state index in [2.05, 4.69) is 16.0 Å². The first kappa shape index (κ1) is 85.5. The highest BCUT2D eigenvalue weighted by Gasteiger charge is 2.51. The van der Waals surface area contributed by atoms with Gasteiger partial charge in [0.15, 0.2) is 6.04 Å². The highest BCUT2D eigenvalue weighted by Crippen LogP contribution is 2.36.